The number of carbonyl (C=O) groups is 2. The van der Waals surface area contributed by atoms with E-state index < -0.39 is 6.04 Å². The van der Waals surface area contributed by atoms with Crippen molar-refractivity contribution in [1.29, 1.82) is 0 Å². The van der Waals surface area contributed by atoms with Crippen LogP contribution in [0.1, 0.15) is 69.5 Å². The van der Waals surface area contributed by atoms with Crippen LogP contribution in [0.15, 0.2) is 96.0 Å². The molecule has 0 bridgehead atoms. The average molecular weight is 663 g/mol. The summed E-state index contributed by atoms with van der Waals surface area (Å²) in [6, 6.07) is 28.2. The van der Waals surface area contributed by atoms with Crippen molar-refractivity contribution in [3.05, 3.63) is 135 Å². The Morgan fingerprint density at radius 2 is 1.79 bits per heavy atom. The summed E-state index contributed by atoms with van der Waals surface area (Å²) in [5.74, 6) is 0.457. The van der Waals surface area contributed by atoms with Crippen molar-refractivity contribution < 1.29 is 14.3 Å². The quantitative estimate of drug-likeness (QED) is 0.149. The number of aliphatic imine (C=N–C) groups is 1. The molecule has 1 aliphatic heterocycles. The van der Waals surface area contributed by atoms with E-state index in [1.807, 2.05) is 89.5 Å². The number of thiophene rings is 1. The third-order valence-electron chi connectivity index (χ3n) is 8.10. The molecule has 9 nitrogen and oxygen atoms in total. The van der Waals surface area contributed by atoms with E-state index in [0.29, 0.717) is 22.4 Å². The molecule has 0 spiro atoms. The number of hydrogen-bond donors (Lipinski definition) is 2. The number of amides is 1. The van der Waals surface area contributed by atoms with Crippen LogP contribution in [-0.2, 0) is 29.1 Å². The van der Waals surface area contributed by atoms with E-state index in [2.05, 4.69) is 33.5 Å². The minimum absolute atomic E-state index is 0.0611. The molecule has 1 atom stereocenters. The zero-order chi connectivity index (χ0) is 32.3. The van der Waals surface area contributed by atoms with Crippen molar-refractivity contribution in [2.24, 2.45) is 4.99 Å². The highest BCUT2D eigenvalue weighted by Crippen LogP contribution is 2.36. The second-order valence-electron chi connectivity index (χ2n) is 11.2. The smallest absolute Gasteiger partial charge is 0.306 e. The van der Waals surface area contributed by atoms with Gasteiger partial charge in [-0.3, -0.25) is 19.1 Å². The molecule has 3 aromatic heterocycles. The van der Waals surface area contributed by atoms with Gasteiger partial charge in [-0.15, -0.1) is 21.5 Å². The molecular formula is C36H31ClN6O3S. The molecule has 0 aliphatic carbocycles. The number of aromatic nitrogens is 4. The number of fused-ring (bicyclic) bond motifs is 4. The Labute approximate surface area is 280 Å². The number of rotatable bonds is 10. The second kappa shape index (κ2) is 13.4. The molecule has 4 heterocycles. The molecule has 7 rings (SSSR count). The maximum Gasteiger partial charge on any atom is 0.306 e. The van der Waals surface area contributed by atoms with Crippen molar-refractivity contribution >= 4 is 51.4 Å². The van der Waals surface area contributed by atoms with Crippen molar-refractivity contribution in [2.75, 3.05) is 0 Å². The van der Waals surface area contributed by atoms with Gasteiger partial charge in [-0.2, -0.15) is 0 Å². The number of aromatic amines is 1. The van der Waals surface area contributed by atoms with Crippen LogP contribution < -0.4 is 5.32 Å². The maximum atomic E-state index is 13.7. The van der Waals surface area contributed by atoms with Crippen LogP contribution in [0.2, 0.25) is 5.02 Å². The Balaban J connectivity index is 1.23. The molecule has 2 N–H and O–H groups in total. The van der Waals surface area contributed by atoms with E-state index in [1.54, 1.807) is 11.3 Å². The Kier molecular flexibility index (Phi) is 8.69. The Hall–Kier alpha value is -5.06. The van der Waals surface area contributed by atoms with Crippen LogP contribution in [0.4, 0.5) is 0 Å². The molecule has 47 heavy (non-hydrogen) atoms. The number of nitrogens with zero attached hydrogens (tertiary/aromatic N) is 4. The van der Waals surface area contributed by atoms with Crippen LogP contribution in [0.5, 0.6) is 0 Å². The molecule has 1 amide bonds. The minimum Gasteiger partial charge on any atom is -0.461 e. The number of H-pyrrole nitrogens is 1. The molecular weight excluding hydrogens is 632 g/mol. The summed E-state index contributed by atoms with van der Waals surface area (Å²) in [5, 5.41) is 14.7. The molecule has 0 unspecified atom stereocenters. The molecule has 236 valence electrons. The molecule has 0 fully saturated rings. The number of esters is 1. The molecule has 0 radical (unpaired) electrons. The molecule has 3 aromatic carbocycles. The van der Waals surface area contributed by atoms with Gasteiger partial charge in [0.15, 0.2) is 11.6 Å². The summed E-state index contributed by atoms with van der Waals surface area (Å²) in [6.07, 6.45) is 1.14. The van der Waals surface area contributed by atoms with Crippen LogP contribution >= 0.6 is 22.9 Å². The molecule has 6 aromatic rings. The summed E-state index contributed by atoms with van der Waals surface area (Å²) in [7, 11) is 0. The van der Waals surface area contributed by atoms with Crippen LogP contribution in [0.25, 0.3) is 15.9 Å². The highest BCUT2D eigenvalue weighted by Gasteiger charge is 2.31. The molecule has 1 aliphatic rings. The Bertz CT molecular complexity index is 2080. The zero-order valence-electron chi connectivity index (χ0n) is 25.6. The number of carbonyl (C=O) groups excluding carboxylic acids is 2. The van der Waals surface area contributed by atoms with Gasteiger partial charge in [-0.05, 0) is 42.7 Å². The monoisotopic (exact) mass is 662 g/mol. The SMILES string of the molecule is CCc1cc2c(s1)-n1c(nnc1[C@@H](CCC(=O)OCc1ccccc1)NC(=O)c1cc3ccccc3[nH]1)CN=C2c1ccccc1Cl. The Morgan fingerprint density at radius 3 is 2.60 bits per heavy atom. The van der Waals surface area contributed by atoms with Gasteiger partial charge < -0.3 is 15.0 Å². The molecule has 11 heteroatoms. The number of benzene rings is 3. The number of hydrogen-bond acceptors (Lipinski definition) is 7. The lowest BCUT2D eigenvalue weighted by atomic mass is 10.0. The number of nitrogens with one attached hydrogen (secondary N) is 2. The number of para-hydroxylation sites is 1. The highest BCUT2D eigenvalue weighted by molar-refractivity contribution is 7.15. The van der Waals surface area contributed by atoms with E-state index in [9.17, 15) is 9.59 Å². The summed E-state index contributed by atoms with van der Waals surface area (Å²) < 4.78 is 7.56. The fourth-order valence-electron chi connectivity index (χ4n) is 5.71. The normalized spacial score (nSPS) is 12.9. The van der Waals surface area contributed by atoms with Gasteiger partial charge in [0, 0.05) is 38.4 Å². The van der Waals surface area contributed by atoms with E-state index in [1.165, 1.54) is 0 Å². The molecule has 0 saturated heterocycles. The first-order valence-electron chi connectivity index (χ1n) is 15.4. The van der Waals surface area contributed by atoms with E-state index in [0.717, 1.165) is 49.6 Å². The molecule has 0 saturated carbocycles. The predicted octanol–water partition coefficient (Wildman–Crippen LogP) is 7.37. The summed E-state index contributed by atoms with van der Waals surface area (Å²) in [4.78, 5) is 36.0. The topological polar surface area (TPSA) is 114 Å². The summed E-state index contributed by atoms with van der Waals surface area (Å²) in [5.41, 5.74) is 4.70. The van der Waals surface area contributed by atoms with Gasteiger partial charge in [0.25, 0.3) is 5.91 Å². The van der Waals surface area contributed by atoms with Crippen molar-refractivity contribution in [3.63, 3.8) is 0 Å². The highest BCUT2D eigenvalue weighted by atomic mass is 35.5. The number of ether oxygens (including phenoxy) is 1. The van der Waals surface area contributed by atoms with E-state index in [-0.39, 0.29) is 37.9 Å². The largest absolute Gasteiger partial charge is 0.461 e. The fraction of sp³-hybridized carbons (Fsp3) is 0.194. The van der Waals surface area contributed by atoms with Gasteiger partial charge in [0.1, 0.15) is 23.8 Å². The predicted molar refractivity (Wildman–Crippen MR) is 183 cm³/mol. The summed E-state index contributed by atoms with van der Waals surface area (Å²) in [6.45, 7) is 2.54. The van der Waals surface area contributed by atoms with Crippen molar-refractivity contribution in [2.45, 2.75) is 45.4 Å². The van der Waals surface area contributed by atoms with Gasteiger partial charge in [-0.25, -0.2) is 0 Å². The first-order chi connectivity index (χ1) is 23.0. The first-order valence-corrected chi connectivity index (χ1v) is 16.6. The Morgan fingerprint density at radius 1 is 1.00 bits per heavy atom. The van der Waals surface area contributed by atoms with Crippen LogP contribution in [0.3, 0.4) is 0 Å². The van der Waals surface area contributed by atoms with Gasteiger partial charge in [-0.1, -0.05) is 85.3 Å². The third kappa shape index (κ3) is 6.34. The van der Waals surface area contributed by atoms with E-state index >= 15 is 0 Å². The number of aryl methyl sites for hydroxylation is 1. The van der Waals surface area contributed by atoms with Gasteiger partial charge in [0.05, 0.1) is 11.8 Å². The lowest BCUT2D eigenvalue weighted by Crippen LogP contribution is -2.31. The van der Waals surface area contributed by atoms with Gasteiger partial charge in [0.2, 0.25) is 0 Å². The van der Waals surface area contributed by atoms with Gasteiger partial charge >= 0.3 is 5.97 Å². The van der Waals surface area contributed by atoms with E-state index in [4.69, 9.17) is 21.3 Å². The third-order valence-corrected chi connectivity index (χ3v) is 9.70. The second-order valence-corrected chi connectivity index (χ2v) is 12.7. The van der Waals surface area contributed by atoms with Crippen LogP contribution in [-0.4, -0.2) is 37.3 Å². The van der Waals surface area contributed by atoms with Crippen molar-refractivity contribution in [3.8, 4) is 5.00 Å². The first kappa shape index (κ1) is 30.6. The standard InChI is InChI=1S/C36H31ClN6O3S/c1-2-24-19-26-33(25-13-7-8-14-27(25)37)38-20-31-41-42-34(43(31)36(26)47-24)29(16-17-32(44)46-21-22-10-4-3-5-11-22)40-35(45)30-18-23-12-6-9-15-28(23)39-30/h3-15,18-19,29,39H,2,16-17,20-21H2,1H3,(H,40,45)/t29-/m1/s1. The fourth-order valence-corrected chi connectivity index (χ4v) is 7.06. The van der Waals surface area contributed by atoms with Crippen molar-refractivity contribution in [1.82, 2.24) is 25.1 Å². The average Bonchev–Trinajstić information content (AvgIpc) is 3.82. The lowest BCUT2D eigenvalue weighted by molar-refractivity contribution is -0.145. The maximum absolute atomic E-state index is 13.7. The van der Waals surface area contributed by atoms with Crippen LogP contribution in [0, 0.1) is 0 Å². The number of halogens is 1. The zero-order valence-corrected chi connectivity index (χ0v) is 27.1. The minimum atomic E-state index is -0.665. The summed E-state index contributed by atoms with van der Waals surface area (Å²) >= 11 is 8.29. The lowest BCUT2D eigenvalue weighted by Gasteiger charge is -2.19.